The molecule has 0 heterocycles. The number of rotatable bonds is 5. The second-order valence-electron chi connectivity index (χ2n) is 10.7. The number of ketones is 1. The van der Waals surface area contributed by atoms with Crippen LogP contribution < -0.4 is 0 Å². The molecule has 4 nitrogen and oxygen atoms in total. The molecule has 0 radical (unpaired) electrons. The van der Waals surface area contributed by atoms with E-state index in [0.29, 0.717) is 0 Å². The summed E-state index contributed by atoms with van der Waals surface area (Å²) >= 11 is 0. The van der Waals surface area contributed by atoms with Gasteiger partial charge in [-0.15, -0.1) is 0 Å². The van der Waals surface area contributed by atoms with Crippen LogP contribution in [0.3, 0.4) is 0 Å². The molecule has 0 amide bonds. The smallest absolute Gasteiger partial charge is 0.145 e. The molecule has 2 saturated carbocycles. The molecule has 0 aliphatic heterocycles. The molecule has 0 unspecified atom stereocenters. The van der Waals surface area contributed by atoms with Crippen LogP contribution in [0.1, 0.15) is 79.6 Å². The first kappa shape index (κ1) is 22.4. The lowest BCUT2D eigenvalue weighted by atomic mass is 9.61. The van der Waals surface area contributed by atoms with E-state index in [1.165, 1.54) is 0 Å². The highest BCUT2D eigenvalue weighted by Gasteiger charge is 2.60. The number of fused-ring (bicyclic) bond motifs is 2. The van der Waals surface area contributed by atoms with Crippen LogP contribution in [-0.4, -0.2) is 33.5 Å². The van der Waals surface area contributed by atoms with Crippen molar-refractivity contribution in [2.45, 2.75) is 90.8 Å². The van der Waals surface area contributed by atoms with Crippen molar-refractivity contribution >= 4 is 12.1 Å². The fourth-order valence-electron chi connectivity index (χ4n) is 6.64. The van der Waals surface area contributed by atoms with Crippen molar-refractivity contribution in [3.63, 3.8) is 0 Å². The zero-order valence-electron chi connectivity index (χ0n) is 18.7. The van der Waals surface area contributed by atoms with Gasteiger partial charge in [-0.25, -0.2) is 0 Å². The highest BCUT2D eigenvalue weighted by atomic mass is 16.3. The maximum absolute atomic E-state index is 12.6. The van der Waals surface area contributed by atoms with E-state index in [2.05, 4.69) is 19.9 Å². The molecular weight excluding hydrogens is 364 g/mol. The Kier molecular flexibility index (Phi) is 6.01. The summed E-state index contributed by atoms with van der Waals surface area (Å²) in [6.07, 6.45) is 10.1. The standard InChI is InChI=1S/C25H38O4/c1-16(15-26)7-6-8-18(3)25(29)12-11-23(4)13-19-22(17(2)9-10-21(23)25)20(27)14-24(19,5)28/h7,9,15,18-19,21-22,28-29H,6,8,10-14H2,1-5H3/b16-7-,17-9-/t18-,19-,21+,22+,23+,24+,25-/m0/s1. The number of aldehydes is 1. The molecule has 2 fully saturated rings. The van der Waals surface area contributed by atoms with Gasteiger partial charge in [-0.1, -0.05) is 31.6 Å². The molecule has 7 atom stereocenters. The van der Waals surface area contributed by atoms with Gasteiger partial charge in [-0.2, -0.15) is 0 Å². The summed E-state index contributed by atoms with van der Waals surface area (Å²) in [5.74, 6) is 0.151. The van der Waals surface area contributed by atoms with Gasteiger partial charge >= 0.3 is 0 Å². The van der Waals surface area contributed by atoms with Gasteiger partial charge in [0.25, 0.3) is 0 Å². The Labute approximate surface area is 175 Å². The van der Waals surface area contributed by atoms with E-state index in [1.54, 1.807) is 0 Å². The summed E-state index contributed by atoms with van der Waals surface area (Å²) in [6.45, 7) is 10.0. The van der Waals surface area contributed by atoms with Gasteiger partial charge in [0.1, 0.15) is 12.1 Å². The lowest BCUT2D eigenvalue weighted by molar-refractivity contribution is -0.120. The Balaban J connectivity index is 1.87. The number of aliphatic hydroxyl groups is 2. The van der Waals surface area contributed by atoms with Gasteiger partial charge in [0, 0.05) is 18.3 Å². The number of hydrogen-bond acceptors (Lipinski definition) is 4. The van der Waals surface area contributed by atoms with E-state index >= 15 is 0 Å². The van der Waals surface area contributed by atoms with Crippen molar-refractivity contribution < 1.29 is 19.8 Å². The van der Waals surface area contributed by atoms with E-state index in [9.17, 15) is 19.8 Å². The van der Waals surface area contributed by atoms with Gasteiger partial charge in [-0.05, 0) is 82.1 Å². The molecule has 3 aliphatic rings. The topological polar surface area (TPSA) is 74.6 Å². The molecule has 0 aromatic heterocycles. The fourth-order valence-corrected chi connectivity index (χ4v) is 6.64. The number of allylic oxidation sites excluding steroid dienone is 4. The van der Waals surface area contributed by atoms with Crippen molar-refractivity contribution in [2.24, 2.45) is 29.1 Å². The Morgan fingerprint density at radius 3 is 2.66 bits per heavy atom. The van der Waals surface area contributed by atoms with Crippen LogP contribution in [-0.2, 0) is 9.59 Å². The summed E-state index contributed by atoms with van der Waals surface area (Å²) in [5, 5.41) is 22.8. The Bertz CT molecular complexity index is 733. The summed E-state index contributed by atoms with van der Waals surface area (Å²) in [4.78, 5) is 23.5. The third-order valence-electron chi connectivity index (χ3n) is 8.58. The Morgan fingerprint density at radius 1 is 1.31 bits per heavy atom. The predicted molar refractivity (Wildman–Crippen MR) is 114 cm³/mol. The van der Waals surface area contributed by atoms with Gasteiger partial charge in [-0.3, -0.25) is 9.59 Å². The first-order valence-electron chi connectivity index (χ1n) is 11.2. The number of hydrogen-bond donors (Lipinski definition) is 2. The van der Waals surface area contributed by atoms with Crippen LogP contribution in [0.4, 0.5) is 0 Å². The molecule has 3 aliphatic carbocycles. The van der Waals surface area contributed by atoms with E-state index < -0.39 is 11.2 Å². The summed E-state index contributed by atoms with van der Waals surface area (Å²) in [7, 11) is 0. The minimum atomic E-state index is -0.967. The summed E-state index contributed by atoms with van der Waals surface area (Å²) in [5.41, 5.74) is -0.0109. The molecule has 29 heavy (non-hydrogen) atoms. The molecule has 0 aromatic carbocycles. The van der Waals surface area contributed by atoms with E-state index in [-0.39, 0.29) is 41.3 Å². The van der Waals surface area contributed by atoms with Crippen LogP contribution >= 0.6 is 0 Å². The van der Waals surface area contributed by atoms with Crippen LogP contribution in [0.25, 0.3) is 0 Å². The lowest BCUT2D eigenvalue weighted by Crippen LogP contribution is -2.47. The normalized spacial score (nSPS) is 45.6. The fraction of sp³-hybridized carbons (Fsp3) is 0.760. The van der Waals surface area contributed by atoms with Crippen molar-refractivity contribution in [3.05, 3.63) is 23.3 Å². The van der Waals surface area contributed by atoms with Gasteiger partial charge in [0.05, 0.1) is 11.2 Å². The minimum Gasteiger partial charge on any atom is -0.389 e. The van der Waals surface area contributed by atoms with Gasteiger partial charge in [0.15, 0.2) is 0 Å². The Hall–Kier alpha value is -1.26. The molecule has 3 rings (SSSR count). The van der Waals surface area contributed by atoms with E-state index in [0.717, 1.165) is 56.0 Å². The van der Waals surface area contributed by atoms with E-state index in [4.69, 9.17) is 0 Å². The average molecular weight is 403 g/mol. The van der Waals surface area contributed by atoms with Crippen LogP contribution in [0.15, 0.2) is 23.3 Å². The predicted octanol–water partition coefficient (Wildman–Crippen LogP) is 4.39. The molecule has 0 aromatic rings. The van der Waals surface area contributed by atoms with Crippen molar-refractivity contribution in [3.8, 4) is 0 Å². The molecule has 0 bridgehead atoms. The second kappa shape index (κ2) is 7.77. The van der Waals surface area contributed by atoms with Crippen molar-refractivity contribution in [2.75, 3.05) is 0 Å². The molecule has 0 saturated heterocycles. The monoisotopic (exact) mass is 402 g/mol. The third-order valence-corrected chi connectivity index (χ3v) is 8.58. The molecular formula is C25H38O4. The highest BCUT2D eigenvalue weighted by Crippen LogP contribution is 2.61. The van der Waals surface area contributed by atoms with Crippen molar-refractivity contribution in [1.82, 2.24) is 0 Å². The van der Waals surface area contributed by atoms with Crippen molar-refractivity contribution in [1.29, 1.82) is 0 Å². The number of Topliss-reactive ketones (excluding diaryl/α,β-unsaturated/α-hetero) is 1. The largest absolute Gasteiger partial charge is 0.389 e. The first-order valence-corrected chi connectivity index (χ1v) is 11.2. The second-order valence-corrected chi connectivity index (χ2v) is 10.7. The molecule has 0 spiro atoms. The minimum absolute atomic E-state index is 0.0742. The van der Waals surface area contributed by atoms with Crippen LogP contribution in [0.5, 0.6) is 0 Å². The zero-order valence-corrected chi connectivity index (χ0v) is 18.7. The third kappa shape index (κ3) is 3.90. The maximum Gasteiger partial charge on any atom is 0.145 e. The SMILES string of the molecule is C/C(C=O)=C/CC[C@H](C)[C@@]1(O)CC[C@]2(C)C[C@H]3[C@H](C(=O)C[C@@]3(C)O)/C(C)=C\C[C@H]21. The van der Waals surface area contributed by atoms with Gasteiger partial charge < -0.3 is 10.2 Å². The zero-order chi connectivity index (χ0) is 21.6. The molecule has 4 heteroatoms. The Morgan fingerprint density at radius 2 is 2.00 bits per heavy atom. The first-order chi connectivity index (χ1) is 13.4. The number of carbonyl (C=O) groups excluding carboxylic acids is 2. The van der Waals surface area contributed by atoms with Crippen LogP contribution in [0.2, 0.25) is 0 Å². The molecule has 162 valence electrons. The number of carbonyl (C=O) groups is 2. The summed E-state index contributed by atoms with van der Waals surface area (Å²) in [6, 6.07) is 0. The quantitative estimate of drug-likeness (QED) is 0.406. The highest BCUT2D eigenvalue weighted by molar-refractivity contribution is 5.87. The molecule has 2 N–H and O–H groups in total. The van der Waals surface area contributed by atoms with Gasteiger partial charge in [0.2, 0.25) is 0 Å². The average Bonchev–Trinajstić information content (AvgIpc) is 3.01. The lowest BCUT2D eigenvalue weighted by Gasteiger charge is -2.45. The van der Waals surface area contributed by atoms with Crippen LogP contribution in [0, 0.1) is 29.1 Å². The maximum atomic E-state index is 12.6. The van der Waals surface area contributed by atoms with E-state index in [1.807, 2.05) is 26.8 Å². The summed E-state index contributed by atoms with van der Waals surface area (Å²) < 4.78 is 0.